The van der Waals surface area contributed by atoms with Crippen LogP contribution in [0, 0.1) is 5.92 Å². The largest absolute Gasteiger partial charge is 0.481 e. The number of carboxylic acids is 1. The lowest BCUT2D eigenvalue weighted by Gasteiger charge is -2.22. The minimum absolute atomic E-state index is 0.0509. The van der Waals surface area contributed by atoms with Crippen molar-refractivity contribution in [1.82, 2.24) is 4.90 Å². The molecule has 3 rings (SSSR count). The zero-order chi connectivity index (χ0) is 13.7. The Labute approximate surface area is 131 Å². The Morgan fingerprint density at radius 3 is 2.63 bits per heavy atom. The van der Waals surface area contributed by atoms with Crippen LogP contribution in [0.15, 0.2) is 13.6 Å². The van der Waals surface area contributed by atoms with Gasteiger partial charge in [0, 0.05) is 12.1 Å². The van der Waals surface area contributed by atoms with Crippen molar-refractivity contribution < 1.29 is 14.7 Å². The van der Waals surface area contributed by atoms with Crippen LogP contribution in [0.3, 0.4) is 0 Å². The average molecular weight is 409 g/mol. The lowest BCUT2D eigenvalue weighted by Crippen LogP contribution is -2.37. The fourth-order valence-electron chi connectivity index (χ4n) is 3.20. The van der Waals surface area contributed by atoms with Gasteiger partial charge in [0.25, 0.3) is 5.91 Å². The van der Waals surface area contributed by atoms with E-state index in [0.29, 0.717) is 12.0 Å². The number of hydrogen-bond donors (Lipinski definition) is 1. The molecule has 1 amide bonds. The van der Waals surface area contributed by atoms with Crippen LogP contribution < -0.4 is 0 Å². The van der Waals surface area contributed by atoms with Crippen molar-refractivity contribution in [3.05, 3.63) is 19.2 Å². The number of amides is 1. The lowest BCUT2D eigenvalue weighted by molar-refractivity contribution is -0.142. The van der Waals surface area contributed by atoms with Crippen molar-refractivity contribution in [2.75, 3.05) is 0 Å². The van der Waals surface area contributed by atoms with Crippen molar-refractivity contribution in [2.45, 2.75) is 31.3 Å². The highest BCUT2D eigenvalue weighted by atomic mass is 79.9. The molecule has 3 unspecified atom stereocenters. The summed E-state index contributed by atoms with van der Waals surface area (Å²) in [5.41, 5.74) is 0.625. The quantitative estimate of drug-likeness (QED) is 0.816. The molecule has 102 valence electrons. The minimum Gasteiger partial charge on any atom is -0.481 e. The van der Waals surface area contributed by atoms with Gasteiger partial charge in [-0.15, -0.1) is 11.3 Å². The fraction of sp³-hybridized carbons (Fsp3) is 0.500. The number of carbonyl (C=O) groups excluding carboxylic acids is 1. The van der Waals surface area contributed by atoms with Gasteiger partial charge in [-0.25, -0.2) is 0 Å². The molecule has 7 heteroatoms. The number of carboxylic acid groups (broad SMARTS) is 1. The highest BCUT2D eigenvalue weighted by Crippen LogP contribution is 2.44. The van der Waals surface area contributed by atoms with Crippen molar-refractivity contribution >= 4 is 55.1 Å². The van der Waals surface area contributed by atoms with E-state index in [-0.39, 0.29) is 18.0 Å². The molecule has 2 saturated heterocycles. The van der Waals surface area contributed by atoms with E-state index in [0.717, 1.165) is 20.4 Å². The van der Waals surface area contributed by atoms with Crippen LogP contribution in [0.5, 0.6) is 0 Å². The first kappa shape index (κ1) is 13.6. The Kier molecular flexibility index (Phi) is 3.47. The van der Waals surface area contributed by atoms with Crippen LogP contribution in [-0.2, 0) is 4.79 Å². The van der Waals surface area contributed by atoms with Gasteiger partial charge < -0.3 is 10.0 Å². The molecule has 0 spiro atoms. The maximum Gasteiger partial charge on any atom is 0.308 e. The summed E-state index contributed by atoms with van der Waals surface area (Å²) < 4.78 is 1.69. The number of hydrogen-bond acceptors (Lipinski definition) is 3. The summed E-state index contributed by atoms with van der Waals surface area (Å²) in [7, 11) is 0. The molecule has 2 fully saturated rings. The molecule has 2 aliphatic heterocycles. The zero-order valence-electron chi connectivity index (χ0n) is 9.81. The standard InChI is InChI=1S/C12H11Br2NO3S/c13-9-4-7(10(14)19-9)11(16)15-5-1-2-8(15)6(3-5)12(17)18/h4-6,8H,1-3H2,(H,17,18). The Morgan fingerprint density at radius 2 is 2.11 bits per heavy atom. The summed E-state index contributed by atoms with van der Waals surface area (Å²) >= 11 is 8.21. The maximum absolute atomic E-state index is 12.6. The molecule has 0 aromatic carbocycles. The summed E-state index contributed by atoms with van der Waals surface area (Å²) in [6, 6.07) is 1.75. The third-order valence-corrected chi connectivity index (χ3v) is 6.31. The molecule has 19 heavy (non-hydrogen) atoms. The minimum atomic E-state index is -0.782. The van der Waals surface area contributed by atoms with E-state index in [1.165, 1.54) is 11.3 Å². The number of nitrogens with zero attached hydrogens (tertiary/aromatic N) is 1. The predicted molar refractivity (Wildman–Crippen MR) is 78.4 cm³/mol. The first-order chi connectivity index (χ1) is 8.99. The first-order valence-electron chi connectivity index (χ1n) is 5.99. The van der Waals surface area contributed by atoms with Crippen molar-refractivity contribution in [1.29, 1.82) is 0 Å². The molecule has 0 radical (unpaired) electrons. The monoisotopic (exact) mass is 407 g/mol. The summed E-state index contributed by atoms with van der Waals surface area (Å²) in [5.74, 6) is -1.23. The molecule has 3 atom stereocenters. The second-order valence-corrected chi connectivity index (χ2v) is 8.68. The Morgan fingerprint density at radius 1 is 1.37 bits per heavy atom. The Hall–Kier alpha value is -0.400. The van der Waals surface area contributed by atoms with Gasteiger partial charge in [-0.2, -0.15) is 0 Å². The topological polar surface area (TPSA) is 57.6 Å². The van der Waals surface area contributed by atoms with Crippen molar-refractivity contribution in [2.24, 2.45) is 5.92 Å². The average Bonchev–Trinajstić information content (AvgIpc) is 3.00. The summed E-state index contributed by atoms with van der Waals surface area (Å²) in [4.78, 5) is 25.6. The van der Waals surface area contributed by atoms with E-state index >= 15 is 0 Å². The van der Waals surface area contributed by atoms with Gasteiger partial charge in [0.2, 0.25) is 0 Å². The molecule has 0 saturated carbocycles. The second-order valence-electron chi connectivity index (χ2n) is 4.93. The molecule has 1 aromatic heterocycles. The SMILES string of the molecule is O=C(O)C1CC2CCC1N2C(=O)c1cc(Br)sc1Br. The third kappa shape index (κ3) is 2.15. The van der Waals surface area contributed by atoms with Crippen LogP contribution in [-0.4, -0.2) is 34.0 Å². The number of rotatable bonds is 2. The number of thiophene rings is 1. The van der Waals surface area contributed by atoms with Gasteiger partial charge >= 0.3 is 5.97 Å². The summed E-state index contributed by atoms with van der Waals surface area (Å²) in [6.45, 7) is 0. The first-order valence-corrected chi connectivity index (χ1v) is 8.39. The number of aliphatic carboxylic acids is 1. The van der Waals surface area contributed by atoms with Gasteiger partial charge in [-0.3, -0.25) is 9.59 Å². The van der Waals surface area contributed by atoms with E-state index in [1.807, 2.05) is 0 Å². The molecule has 4 nitrogen and oxygen atoms in total. The molecule has 2 bridgehead atoms. The second kappa shape index (κ2) is 4.86. The van der Waals surface area contributed by atoms with Crippen LogP contribution in [0.4, 0.5) is 0 Å². The molecular weight excluding hydrogens is 398 g/mol. The van der Waals surface area contributed by atoms with E-state index < -0.39 is 11.9 Å². The lowest BCUT2D eigenvalue weighted by atomic mass is 9.89. The van der Waals surface area contributed by atoms with Crippen molar-refractivity contribution in [3.63, 3.8) is 0 Å². The van der Waals surface area contributed by atoms with Gasteiger partial charge in [0.05, 0.1) is 19.1 Å². The van der Waals surface area contributed by atoms with E-state index in [1.54, 1.807) is 11.0 Å². The number of fused-ring (bicyclic) bond motifs is 2. The van der Waals surface area contributed by atoms with Gasteiger partial charge in [-0.1, -0.05) is 0 Å². The fourth-order valence-corrected chi connectivity index (χ4v) is 5.97. The van der Waals surface area contributed by atoms with Crippen LogP contribution >= 0.6 is 43.2 Å². The summed E-state index contributed by atoms with van der Waals surface area (Å²) in [6.07, 6.45) is 2.31. The predicted octanol–water partition coefficient (Wildman–Crippen LogP) is 3.35. The molecule has 1 aromatic rings. The number of carbonyl (C=O) groups is 2. The van der Waals surface area contributed by atoms with Crippen LogP contribution in [0.1, 0.15) is 29.6 Å². The zero-order valence-corrected chi connectivity index (χ0v) is 13.8. The maximum atomic E-state index is 12.6. The van der Waals surface area contributed by atoms with Crippen molar-refractivity contribution in [3.8, 4) is 0 Å². The third-order valence-electron chi connectivity index (χ3n) is 3.98. The van der Waals surface area contributed by atoms with Gasteiger partial charge in [-0.05, 0) is 57.2 Å². The molecule has 0 aliphatic carbocycles. The molecule has 2 aliphatic rings. The normalized spacial score (nSPS) is 28.9. The van der Waals surface area contributed by atoms with E-state index in [2.05, 4.69) is 31.9 Å². The summed E-state index contributed by atoms with van der Waals surface area (Å²) in [5, 5.41) is 9.21. The smallest absolute Gasteiger partial charge is 0.308 e. The van der Waals surface area contributed by atoms with E-state index in [9.17, 15) is 14.7 Å². The van der Waals surface area contributed by atoms with Gasteiger partial charge in [0.15, 0.2) is 0 Å². The van der Waals surface area contributed by atoms with Gasteiger partial charge in [0.1, 0.15) is 0 Å². The van der Waals surface area contributed by atoms with E-state index in [4.69, 9.17) is 0 Å². The Balaban J connectivity index is 1.89. The van der Waals surface area contributed by atoms with Crippen LogP contribution in [0.25, 0.3) is 0 Å². The molecule has 3 heterocycles. The highest BCUT2D eigenvalue weighted by Gasteiger charge is 2.51. The Bertz CT molecular complexity index is 559. The molecular formula is C12H11Br2NO3S. The van der Waals surface area contributed by atoms with Crippen LogP contribution in [0.2, 0.25) is 0 Å². The molecule has 1 N–H and O–H groups in total. The highest BCUT2D eigenvalue weighted by molar-refractivity contribution is 9.12. The number of halogens is 2.